The molecule has 29 heavy (non-hydrogen) atoms. The minimum atomic E-state index is -0.712. The molecule has 0 saturated carbocycles. The summed E-state index contributed by atoms with van der Waals surface area (Å²) < 4.78 is 22.0. The third kappa shape index (κ3) is 4.14. The number of hydrogen-bond acceptors (Lipinski definition) is 6. The van der Waals surface area contributed by atoms with Crippen LogP contribution in [0.25, 0.3) is 11.0 Å². The van der Waals surface area contributed by atoms with E-state index in [4.69, 9.17) is 30.2 Å². The molecule has 1 N–H and O–H groups in total. The minimum absolute atomic E-state index is 0.0516. The van der Waals surface area contributed by atoms with Gasteiger partial charge in [-0.15, -0.1) is 0 Å². The molecule has 1 atom stereocenters. The molecule has 1 aliphatic rings. The summed E-state index contributed by atoms with van der Waals surface area (Å²) in [6, 6.07) is 12.4. The number of esters is 1. The van der Waals surface area contributed by atoms with E-state index in [9.17, 15) is 9.59 Å². The predicted molar refractivity (Wildman–Crippen MR) is 106 cm³/mol. The Bertz CT molecular complexity index is 1080. The number of nitrogens with one attached hydrogen (secondary N) is 1. The Hall–Kier alpha value is -3.19. The summed E-state index contributed by atoms with van der Waals surface area (Å²) in [7, 11) is 0. The van der Waals surface area contributed by atoms with Crippen LogP contribution in [0.4, 0.5) is 0 Å². The number of hydrogen-bond donors (Lipinski definition) is 1. The first kappa shape index (κ1) is 19.1. The van der Waals surface area contributed by atoms with Crippen molar-refractivity contribution in [3.05, 3.63) is 58.8 Å². The molecule has 7 nitrogen and oxygen atoms in total. The van der Waals surface area contributed by atoms with Crippen LogP contribution < -0.4 is 14.8 Å². The SMILES string of the molecule is Cc1c(C(=O)OCC(=O)NC[C@@H]2COc3ccccc3O2)oc2ccc(Cl)cc12. The molecule has 2 aromatic carbocycles. The molecule has 1 aromatic heterocycles. The summed E-state index contributed by atoms with van der Waals surface area (Å²) in [6.07, 6.45) is -0.327. The van der Waals surface area contributed by atoms with Gasteiger partial charge in [0.2, 0.25) is 5.76 Å². The number of rotatable bonds is 5. The smallest absolute Gasteiger partial charge is 0.375 e. The zero-order chi connectivity index (χ0) is 20.4. The Morgan fingerprint density at radius 2 is 2.00 bits per heavy atom. The molecule has 0 saturated heterocycles. The van der Waals surface area contributed by atoms with Crippen molar-refractivity contribution < 1.29 is 28.2 Å². The Labute approximate surface area is 171 Å². The molecule has 150 valence electrons. The van der Waals surface area contributed by atoms with E-state index in [0.29, 0.717) is 34.3 Å². The topological polar surface area (TPSA) is 87.0 Å². The first-order valence-electron chi connectivity index (χ1n) is 9.02. The van der Waals surface area contributed by atoms with Gasteiger partial charge in [0, 0.05) is 16.0 Å². The number of carbonyl (C=O) groups is 2. The van der Waals surface area contributed by atoms with Gasteiger partial charge in [0.15, 0.2) is 18.1 Å². The summed E-state index contributed by atoms with van der Waals surface area (Å²) >= 11 is 5.98. The minimum Gasteiger partial charge on any atom is -0.486 e. The van der Waals surface area contributed by atoms with Gasteiger partial charge in [-0.25, -0.2) is 4.79 Å². The molecular formula is C21H18ClNO6. The molecule has 0 aliphatic carbocycles. The van der Waals surface area contributed by atoms with E-state index in [0.717, 1.165) is 5.39 Å². The van der Waals surface area contributed by atoms with Crippen molar-refractivity contribution in [2.45, 2.75) is 13.0 Å². The maximum absolute atomic E-state index is 12.3. The second-order valence-electron chi connectivity index (χ2n) is 6.57. The number of fused-ring (bicyclic) bond motifs is 2. The van der Waals surface area contributed by atoms with Gasteiger partial charge in [0.25, 0.3) is 5.91 Å². The van der Waals surface area contributed by atoms with Crippen molar-refractivity contribution in [3.8, 4) is 11.5 Å². The van der Waals surface area contributed by atoms with Crippen molar-refractivity contribution in [2.75, 3.05) is 19.8 Å². The molecule has 1 aliphatic heterocycles. The van der Waals surface area contributed by atoms with Crippen LogP contribution >= 0.6 is 11.6 Å². The zero-order valence-electron chi connectivity index (χ0n) is 15.6. The van der Waals surface area contributed by atoms with E-state index in [1.807, 2.05) is 18.2 Å². The lowest BCUT2D eigenvalue weighted by molar-refractivity contribution is -0.124. The highest BCUT2D eigenvalue weighted by Crippen LogP contribution is 2.31. The first-order chi connectivity index (χ1) is 14.0. The molecule has 0 radical (unpaired) electrons. The van der Waals surface area contributed by atoms with E-state index in [-0.39, 0.29) is 18.4 Å². The first-order valence-corrected chi connectivity index (χ1v) is 9.40. The van der Waals surface area contributed by atoms with Crippen LogP contribution in [-0.4, -0.2) is 37.7 Å². The summed E-state index contributed by atoms with van der Waals surface area (Å²) in [4.78, 5) is 24.3. The highest BCUT2D eigenvalue weighted by Gasteiger charge is 2.23. The van der Waals surface area contributed by atoms with Gasteiger partial charge in [-0.3, -0.25) is 4.79 Å². The zero-order valence-corrected chi connectivity index (χ0v) is 16.3. The van der Waals surface area contributed by atoms with Crippen molar-refractivity contribution in [2.24, 2.45) is 0 Å². The monoisotopic (exact) mass is 415 g/mol. The highest BCUT2D eigenvalue weighted by atomic mass is 35.5. The fourth-order valence-corrected chi connectivity index (χ4v) is 3.20. The number of amides is 1. The van der Waals surface area contributed by atoms with Crippen LogP contribution in [0.3, 0.4) is 0 Å². The second kappa shape index (κ2) is 8.05. The maximum Gasteiger partial charge on any atom is 0.375 e. The summed E-state index contributed by atoms with van der Waals surface area (Å²) in [5, 5.41) is 3.93. The lowest BCUT2D eigenvalue weighted by Gasteiger charge is -2.26. The van der Waals surface area contributed by atoms with Gasteiger partial charge in [-0.05, 0) is 37.3 Å². The maximum atomic E-state index is 12.3. The average Bonchev–Trinajstić information content (AvgIpc) is 3.06. The van der Waals surface area contributed by atoms with Crippen LogP contribution in [0.5, 0.6) is 11.5 Å². The van der Waals surface area contributed by atoms with Crippen molar-refractivity contribution in [1.82, 2.24) is 5.32 Å². The highest BCUT2D eigenvalue weighted by molar-refractivity contribution is 6.31. The predicted octanol–water partition coefficient (Wildman–Crippen LogP) is 3.51. The van der Waals surface area contributed by atoms with Crippen molar-refractivity contribution in [3.63, 3.8) is 0 Å². The lowest BCUT2D eigenvalue weighted by atomic mass is 10.1. The van der Waals surface area contributed by atoms with Gasteiger partial charge in [-0.1, -0.05) is 23.7 Å². The third-order valence-electron chi connectivity index (χ3n) is 4.51. The number of aryl methyl sites for hydroxylation is 1. The van der Waals surface area contributed by atoms with E-state index in [1.165, 1.54) is 0 Å². The fourth-order valence-electron chi connectivity index (χ4n) is 3.03. The van der Waals surface area contributed by atoms with Gasteiger partial charge < -0.3 is 23.9 Å². The molecule has 0 fully saturated rings. The Morgan fingerprint density at radius 1 is 1.21 bits per heavy atom. The van der Waals surface area contributed by atoms with Gasteiger partial charge in [0.1, 0.15) is 18.3 Å². The van der Waals surface area contributed by atoms with Crippen LogP contribution in [0.15, 0.2) is 46.9 Å². The van der Waals surface area contributed by atoms with Gasteiger partial charge >= 0.3 is 5.97 Å². The number of ether oxygens (including phenoxy) is 3. The van der Waals surface area contributed by atoms with Crippen LogP contribution in [-0.2, 0) is 9.53 Å². The lowest BCUT2D eigenvalue weighted by Crippen LogP contribution is -2.42. The largest absolute Gasteiger partial charge is 0.486 e. The molecule has 1 amide bonds. The average molecular weight is 416 g/mol. The van der Waals surface area contributed by atoms with E-state index in [1.54, 1.807) is 31.2 Å². The number of halogens is 1. The standard InChI is InChI=1S/C21H18ClNO6/c1-12-15-8-13(22)6-7-16(15)29-20(12)21(25)27-11-19(24)23-9-14-10-26-17-4-2-3-5-18(17)28-14/h2-8,14H,9-11H2,1H3,(H,23,24)/t14-/m1/s1. The Morgan fingerprint density at radius 3 is 2.83 bits per heavy atom. The Balaban J connectivity index is 1.29. The Kier molecular flexibility index (Phi) is 5.31. The number of benzene rings is 2. The fraction of sp³-hybridized carbons (Fsp3) is 0.238. The van der Waals surface area contributed by atoms with E-state index in [2.05, 4.69) is 5.32 Å². The summed E-state index contributed by atoms with van der Waals surface area (Å²) in [5.74, 6) is 0.195. The van der Waals surface area contributed by atoms with Crippen molar-refractivity contribution in [1.29, 1.82) is 0 Å². The third-order valence-corrected chi connectivity index (χ3v) is 4.75. The van der Waals surface area contributed by atoms with Crippen molar-refractivity contribution >= 4 is 34.4 Å². The molecule has 4 rings (SSSR count). The number of furan rings is 1. The van der Waals surface area contributed by atoms with Gasteiger partial charge in [0.05, 0.1) is 6.54 Å². The molecule has 0 spiro atoms. The number of para-hydroxylation sites is 2. The van der Waals surface area contributed by atoms with Crippen LogP contribution in [0.2, 0.25) is 5.02 Å². The van der Waals surface area contributed by atoms with E-state index < -0.39 is 18.5 Å². The normalized spacial score (nSPS) is 15.2. The number of carbonyl (C=O) groups excluding carboxylic acids is 2. The van der Waals surface area contributed by atoms with Crippen LogP contribution in [0.1, 0.15) is 16.1 Å². The molecular weight excluding hydrogens is 398 g/mol. The van der Waals surface area contributed by atoms with Gasteiger partial charge in [-0.2, -0.15) is 0 Å². The molecule has 0 bridgehead atoms. The quantitative estimate of drug-likeness (QED) is 0.642. The molecule has 0 unspecified atom stereocenters. The molecule has 8 heteroatoms. The second-order valence-corrected chi connectivity index (χ2v) is 7.01. The molecule has 2 heterocycles. The summed E-state index contributed by atoms with van der Waals surface area (Å²) in [5.41, 5.74) is 1.14. The summed E-state index contributed by atoms with van der Waals surface area (Å²) in [6.45, 7) is 1.85. The molecule has 3 aromatic rings. The van der Waals surface area contributed by atoms with E-state index >= 15 is 0 Å². The van der Waals surface area contributed by atoms with Crippen LogP contribution in [0, 0.1) is 6.92 Å².